The van der Waals surface area contributed by atoms with Gasteiger partial charge < -0.3 is 0 Å². The third-order valence-corrected chi connectivity index (χ3v) is 2.18. The molecular formula is C10H13Cl. The van der Waals surface area contributed by atoms with E-state index < -0.39 is 0 Å². The Morgan fingerprint density at radius 3 is 2.64 bits per heavy atom. The molecule has 0 atom stereocenters. The van der Waals surface area contributed by atoms with Crippen molar-refractivity contribution in [3.8, 4) is 0 Å². The molecule has 0 unspecified atom stereocenters. The van der Waals surface area contributed by atoms with E-state index in [-0.39, 0.29) is 0 Å². The number of aryl methyl sites for hydroxylation is 2. The number of benzene rings is 1. The van der Waals surface area contributed by atoms with Crippen molar-refractivity contribution in [2.24, 2.45) is 0 Å². The minimum atomic E-state index is 0.885. The average Bonchev–Trinajstić information content (AvgIpc) is 1.98. The first-order valence-corrected chi connectivity index (χ1v) is 4.37. The average molecular weight is 169 g/mol. The molecule has 1 rings (SSSR count). The summed E-state index contributed by atoms with van der Waals surface area (Å²) in [5.74, 6) is 0. The Labute approximate surface area is 73.2 Å². The van der Waals surface area contributed by atoms with Gasteiger partial charge in [0, 0.05) is 5.02 Å². The molecule has 11 heavy (non-hydrogen) atoms. The van der Waals surface area contributed by atoms with Crippen molar-refractivity contribution in [2.75, 3.05) is 0 Å². The van der Waals surface area contributed by atoms with E-state index in [1.807, 2.05) is 6.92 Å². The van der Waals surface area contributed by atoms with Crippen molar-refractivity contribution in [1.29, 1.82) is 0 Å². The second-order valence-electron chi connectivity index (χ2n) is 2.83. The number of hydrogen-bond donors (Lipinski definition) is 0. The first kappa shape index (κ1) is 8.61. The zero-order valence-electron chi connectivity index (χ0n) is 7.02. The van der Waals surface area contributed by atoms with E-state index >= 15 is 0 Å². The zero-order chi connectivity index (χ0) is 8.27. The minimum absolute atomic E-state index is 0.885. The molecule has 60 valence electrons. The highest BCUT2D eigenvalue weighted by atomic mass is 35.5. The van der Waals surface area contributed by atoms with Gasteiger partial charge in [0.05, 0.1) is 0 Å². The lowest BCUT2D eigenvalue weighted by atomic mass is 10.1. The third-order valence-electron chi connectivity index (χ3n) is 1.77. The van der Waals surface area contributed by atoms with Crippen LogP contribution in [0.3, 0.4) is 0 Å². The molecule has 0 amide bonds. The monoisotopic (exact) mass is 168 g/mol. The molecular weight excluding hydrogens is 156 g/mol. The lowest BCUT2D eigenvalue weighted by molar-refractivity contribution is 0.921. The van der Waals surface area contributed by atoms with Crippen LogP contribution >= 0.6 is 11.6 Å². The maximum Gasteiger partial charge on any atom is 0.0437 e. The maximum atomic E-state index is 5.95. The molecule has 0 nitrogen and oxygen atoms in total. The van der Waals surface area contributed by atoms with Gasteiger partial charge in [-0.05, 0) is 30.5 Å². The summed E-state index contributed by atoms with van der Waals surface area (Å²) in [4.78, 5) is 0. The molecule has 0 heterocycles. The Kier molecular flexibility index (Phi) is 2.95. The van der Waals surface area contributed by atoms with Crippen LogP contribution in [0.2, 0.25) is 5.02 Å². The van der Waals surface area contributed by atoms with Gasteiger partial charge in [-0.2, -0.15) is 0 Å². The van der Waals surface area contributed by atoms with Crippen molar-refractivity contribution < 1.29 is 0 Å². The first-order valence-electron chi connectivity index (χ1n) is 3.99. The van der Waals surface area contributed by atoms with E-state index in [0.29, 0.717) is 0 Å². The Hall–Kier alpha value is -0.490. The number of rotatable bonds is 2. The fourth-order valence-corrected chi connectivity index (χ4v) is 1.28. The van der Waals surface area contributed by atoms with E-state index in [1.165, 1.54) is 12.0 Å². The van der Waals surface area contributed by atoms with Crippen LogP contribution in [0.15, 0.2) is 18.2 Å². The summed E-state index contributed by atoms with van der Waals surface area (Å²) >= 11 is 5.95. The molecule has 1 aromatic rings. The molecule has 0 spiro atoms. The fraction of sp³-hybridized carbons (Fsp3) is 0.400. The van der Waals surface area contributed by atoms with Crippen LogP contribution in [0, 0.1) is 6.92 Å². The van der Waals surface area contributed by atoms with Crippen LogP contribution in [0.25, 0.3) is 0 Å². The molecule has 0 N–H and O–H groups in total. The summed E-state index contributed by atoms with van der Waals surface area (Å²) in [6.07, 6.45) is 2.30. The summed E-state index contributed by atoms with van der Waals surface area (Å²) in [7, 11) is 0. The third kappa shape index (κ3) is 2.23. The van der Waals surface area contributed by atoms with Crippen molar-refractivity contribution in [2.45, 2.75) is 26.7 Å². The van der Waals surface area contributed by atoms with Crippen LogP contribution < -0.4 is 0 Å². The van der Waals surface area contributed by atoms with Gasteiger partial charge in [-0.1, -0.05) is 37.1 Å². The Bertz CT molecular complexity index is 241. The minimum Gasteiger partial charge on any atom is -0.0840 e. The van der Waals surface area contributed by atoms with Crippen molar-refractivity contribution in [3.63, 3.8) is 0 Å². The molecule has 0 saturated carbocycles. The highest BCUT2D eigenvalue weighted by Gasteiger charge is 1.95. The summed E-state index contributed by atoms with van der Waals surface area (Å²) in [6, 6.07) is 6.28. The molecule has 0 aliphatic carbocycles. The Morgan fingerprint density at radius 2 is 2.09 bits per heavy atom. The summed E-state index contributed by atoms with van der Waals surface area (Å²) in [5.41, 5.74) is 2.50. The van der Waals surface area contributed by atoms with E-state index in [2.05, 4.69) is 25.1 Å². The normalized spacial score (nSPS) is 10.1. The highest BCUT2D eigenvalue weighted by molar-refractivity contribution is 6.31. The quantitative estimate of drug-likeness (QED) is 0.633. The Balaban J connectivity index is 2.86. The molecule has 0 saturated heterocycles. The van der Waals surface area contributed by atoms with E-state index in [1.54, 1.807) is 0 Å². The molecule has 0 bridgehead atoms. The van der Waals surface area contributed by atoms with Crippen molar-refractivity contribution in [1.82, 2.24) is 0 Å². The van der Waals surface area contributed by atoms with Crippen LogP contribution in [-0.2, 0) is 6.42 Å². The van der Waals surface area contributed by atoms with E-state index in [9.17, 15) is 0 Å². The fourth-order valence-electron chi connectivity index (χ4n) is 1.08. The van der Waals surface area contributed by atoms with E-state index in [0.717, 1.165) is 17.0 Å². The smallest absolute Gasteiger partial charge is 0.0437 e. The van der Waals surface area contributed by atoms with Crippen LogP contribution in [0.5, 0.6) is 0 Å². The molecule has 0 aromatic heterocycles. The van der Waals surface area contributed by atoms with Gasteiger partial charge >= 0.3 is 0 Å². The molecule has 1 aromatic carbocycles. The second-order valence-corrected chi connectivity index (χ2v) is 3.24. The standard InChI is InChI=1S/C10H13Cl/c1-3-4-9-6-5-8(2)10(11)7-9/h5-7H,3-4H2,1-2H3. The second kappa shape index (κ2) is 3.77. The zero-order valence-corrected chi connectivity index (χ0v) is 7.78. The van der Waals surface area contributed by atoms with Gasteiger partial charge in [0.15, 0.2) is 0 Å². The largest absolute Gasteiger partial charge is 0.0840 e. The van der Waals surface area contributed by atoms with Gasteiger partial charge in [0.2, 0.25) is 0 Å². The topological polar surface area (TPSA) is 0 Å². The Morgan fingerprint density at radius 1 is 1.36 bits per heavy atom. The summed E-state index contributed by atoms with van der Waals surface area (Å²) in [5, 5.41) is 0.885. The summed E-state index contributed by atoms with van der Waals surface area (Å²) < 4.78 is 0. The van der Waals surface area contributed by atoms with Crippen molar-refractivity contribution in [3.05, 3.63) is 34.3 Å². The SMILES string of the molecule is CCCc1ccc(C)c(Cl)c1. The van der Waals surface area contributed by atoms with Gasteiger partial charge in [0.1, 0.15) is 0 Å². The van der Waals surface area contributed by atoms with Crippen LogP contribution in [0.4, 0.5) is 0 Å². The molecule has 0 aliphatic rings. The van der Waals surface area contributed by atoms with Crippen molar-refractivity contribution >= 4 is 11.6 Å². The molecule has 0 fully saturated rings. The molecule has 0 aliphatic heterocycles. The summed E-state index contributed by atoms with van der Waals surface area (Å²) in [6.45, 7) is 4.20. The predicted octanol–water partition coefficient (Wildman–Crippen LogP) is 3.60. The van der Waals surface area contributed by atoms with Gasteiger partial charge in [-0.3, -0.25) is 0 Å². The van der Waals surface area contributed by atoms with Crippen LogP contribution in [0.1, 0.15) is 24.5 Å². The number of halogens is 1. The van der Waals surface area contributed by atoms with Gasteiger partial charge in [-0.15, -0.1) is 0 Å². The van der Waals surface area contributed by atoms with E-state index in [4.69, 9.17) is 11.6 Å². The maximum absolute atomic E-state index is 5.95. The number of hydrogen-bond acceptors (Lipinski definition) is 0. The lowest BCUT2D eigenvalue weighted by Crippen LogP contribution is -1.83. The van der Waals surface area contributed by atoms with Gasteiger partial charge in [-0.25, -0.2) is 0 Å². The lowest BCUT2D eigenvalue weighted by Gasteiger charge is -2.01. The van der Waals surface area contributed by atoms with Crippen LogP contribution in [-0.4, -0.2) is 0 Å². The van der Waals surface area contributed by atoms with Gasteiger partial charge in [0.25, 0.3) is 0 Å². The molecule has 1 heteroatoms. The highest BCUT2D eigenvalue weighted by Crippen LogP contribution is 2.17. The molecule has 0 radical (unpaired) electrons. The first-order chi connectivity index (χ1) is 5.24. The predicted molar refractivity (Wildman–Crippen MR) is 50.2 cm³/mol.